The highest BCUT2D eigenvalue weighted by molar-refractivity contribution is 5.84. The van der Waals surface area contributed by atoms with E-state index in [9.17, 15) is 23.1 Å². The second-order valence-corrected chi connectivity index (χ2v) is 11.1. The molecule has 1 aliphatic carbocycles. The van der Waals surface area contributed by atoms with Crippen LogP contribution in [0.4, 0.5) is 19.0 Å². The first-order valence-corrected chi connectivity index (χ1v) is 14.4. The Morgan fingerprint density at radius 3 is 2.32 bits per heavy atom. The number of imidazole rings is 1. The Kier molecular flexibility index (Phi) is 8.05. The molecule has 0 atom stereocenters. The molecule has 44 heavy (non-hydrogen) atoms. The monoisotopic (exact) mass is 600 g/mol. The summed E-state index contributed by atoms with van der Waals surface area (Å²) in [6, 6.07) is 24.2. The lowest BCUT2D eigenvalue weighted by atomic mass is 9.85. The fourth-order valence-electron chi connectivity index (χ4n) is 5.98. The van der Waals surface area contributed by atoms with Crippen molar-refractivity contribution in [3.63, 3.8) is 0 Å². The number of benzene rings is 2. The topological polar surface area (TPSA) is 110 Å². The molecular weight excluding hydrogens is 569 g/mol. The molecule has 1 aliphatic rings. The molecule has 0 amide bonds. The smallest absolute Gasteiger partial charge is 0.401 e. The first-order chi connectivity index (χ1) is 21.2. The number of hydrogen-bond donors (Lipinski definition) is 2. The molecule has 2 aromatic carbocycles. The first kappa shape index (κ1) is 29.3. The van der Waals surface area contributed by atoms with Gasteiger partial charge < -0.3 is 10.8 Å². The van der Waals surface area contributed by atoms with Crippen LogP contribution in [0.3, 0.4) is 0 Å². The Bertz CT molecular complexity index is 1760. The van der Waals surface area contributed by atoms with Gasteiger partial charge in [-0.3, -0.25) is 14.3 Å². The van der Waals surface area contributed by atoms with E-state index in [0.29, 0.717) is 59.6 Å². The number of nitrogens with zero attached hydrogens (tertiary/aromatic N) is 5. The molecule has 8 nitrogen and oxygen atoms in total. The van der Waals surface area contributed by atoms with Crippen molar-refractivity contribution in [2.75, 3.05) is 12.3 Å². The van der Waals surface area contributed by atoms with Crippen LogP contribution in [0.1, 0.15) is 31.2 Å². The quantitative estimate of drug-likeness (QED) is 0.203. The van der Waals surface area contributed by atoms with Crippen LogP contribution in [-0.4, -0.2) is 54.3 Å². The van der Waals surface area contributed by atoms with E-state index in [4.69, 9.17) is 15.7 Å². The third-order valence-electron chi connectivity index (χ3n) is 8.18. The third-order valence-corrected chi connectivity index (χ3v) is 8.18. The van der Waals surface area contributed by atoms with Crippen molar-refractivity contribution < 1.29 is 23.1 Å². The summed E-state index contributed by atoms with van der Waals surface area (Å²) in [6.45, 7) is -0.967. The van der Waals surface area contributed by atoms with Crippen molar-refractivity contribution in [2.45, 2.75) is 44.4 Å². The number of halogens is 3. The molecule has 1 fully saturated rings. The van der Waals surface area contributed by atoms with Crippen molar-refractivity contribution in [1.82, 2.24) is 24.4 Å². The van der Waals surface area contributed by atoms with Gasteiger partial charge in [0.1, 0.15) is 11.3 Å². The molecule has 1 saturated carbocycles. The van der Waals surface area contributed by atoms with E-state index in [1.807, 2.05) is 77.4 Å². The standard InChI is InChI=1S/C33H31F3N6O2/c34-33(35,36)20-41(24-14-10-23(11-15-24)32(43)44)19-21-8-12-25(13-9-21)42-30(26-7-4-18-38-29(26)37)40-28-17-16-27(39-31(28)42)22-5-2-1-3-6-22/h1-9,12-13,16-18,23-24H,10-11,14-15,19-20H2,(H2,37,38)(H,43,44)/t23-,24-. The zero-order chi connectivity index (χ0) is 30.8. The summed E-state index contributed by atoms with van der Waals surface area (Å²) in [5.41, 5.74) is 11.3. The van der Waals surface area contributed by atoms with Crippen LogP contribution in [0.25, 0.3) is 39.5 Å². The zero-order valence-corrected chi connectivity index (χ0v) is 23.8. The normalized spacial score (nSPS) is 17.3. The lowest BCUT2D eigenvalue weighted by Gasteiger charge is -2.36. The SMILES string of the molecule is Nc1ncccc1-c1nc2ccc(-c3ccccc3)nc2n1-c1ccc(CN(CC(F)(F)F)[C@H]2CC[C@H](C(=O)O)CC2)cc1. The molecule has 0 saturated heterocycles. The van der Waals surface area contributed by atoms with Crippen LogP contribution in [0, 0.1) is 5.92 Å². The number of anilines is 1. The van der Waals surface area contributed by atoms with Gasteiger partial charge in [-0.15, -0.1) is 0 Å². The molecule has 3 N–H and O–H groups in total. The number of alkyl halides is 3. The minimum atomic E-state index is -4.38. The van der Waals surface area contributed by atoms with Crippen molar-refractivity contribution in [3.05, 3.63) is 90.6 Å². The van der Waals surface area contributed by atoms with Gasteiger partial charge in [0.05, 0.1) is 23.7 Å². The Hall–Kier alpha value is -4.77. The largest absolute Gasteiger partial charge is 0.481 e. The van der Waals surface area contributed by atoms with Crippen molar-refractivity contribution >= 4 is 23.0 Å². The number of carboxylic acids is 1. The summed E-state index contributed by atoms with van der Waals surface area (Å²) >= 11 is 0. The van der Waals surface area contributed by atoms with Crippen LogP contribution in [0.15, 0.2) is 85.1 Å². The van der Waals surface area contributed by atoms with Gasteiger partial charge >= 0.3 is 12.1 Å². The number of nitrogen functional groups attached to an aromatic ring is 1. The van der Waals surface area contributed by atoms with Crippen LogP contribution < -0.4 is 5.73 Å². The highest BCUT2D eigenvalue weighted by atomic mass is 19.4. The minimum absolute atomic E-state index is 0.0890. The predicted molar refractivity (Wildman–Crippen MR) is 162 cm³/mol. The molecule has 3 heterocycles. The Balaban J connectivity index is 1.36. The second kappa shape index (κ2) is 12.1. The number of carbonyl (C=O) groups is 1. The van der Waals surface area contributed by atoms with E-state index in [-0.39, 0.29) is 12.6 Å². The summed E-state index contributed by atoms with van der Waals surface area (Å²) in [4.78, 5) is 26.8. The molecule has 11 heteroatoms. The number of fused-ring (bicyclic) bond motifs is 1. The van der Waals surface area contributed by atoms with Gasteiger partial charge in [-0.05, 0) is 67.6 Å². The van der Waals surface area contributed by atoms with Crippen molar-refractivity contribution in [2.24, 2.45) is 5.92 Å². The minimum Gasteiger partial charge on any atom is -0.481 e. The van der Waals surface area contributed by atoms with Crippen LogP contribution in [0.2, 0.25) is 0 Å². The molecule has 0 unspecified atom stereocenters. The van der Waals surface area contributed by atoms with Gasteiger partial charge in [-0.2, -0.15) is 13.2 Å². The maximum atomic E-state index is 13.6. The summed E-state index contributed by atoms with van der Waals surface area (Å²) in [5, 5.41) is 9.32. The van der Waals surface area contributed by atoms with E-state index < -0.39 is 24.6 Å². The van der Waals surface area contributed by atoms with Gasteiger partial charge in [-0.25, -0.2) is 15.0 Å². The molecule has 0 spiro atoms. The average molecular weight is 601 g/mol. The second-order valence-electron chi connectivity index (χ2n) is 11.1. The molecule has 6 rings (SSSR count). The molecule has 226 valence electrons. The van der Waals surface area contributed by atoms with E-state index in [2.05, 4.69) is 4.98 Å². The number of aromatic nitrogens is 4. The average Bonchev–Trinajstić information content (AvgIpc) is 3.40. The number of nitrogens with two attached hydrogens (primary N) is 1. The third kappa shape index (κ3) is 6.28. The van der Waals surface area contributed by atoms with Crippen LogP contribution >= 0.6 is 0 Å². The van der Waals surface area contributed by atoms with E-state index in [1.165, 1.54) is 4.90 Å². The Labute approximate surface area is 252 Å². The molecule has 0 bridgehead atoms. The number of rotatable bonds is 8. The van der Waals surface area contributed by atoms with Crippen LogP contribution in [-0.2, 0) is 11.3 Å². The Morgan fingerprint density at radius 2 is 1.66 bits per heavy atom. The molecule has 5 aromatic rings. The number of pyridine rings is 2. The molecule has 0 aliphatic heterocycles. The van der Waals surface area contributed by atoms with Gasteiger partial charge in [0.15, 0.2) is 11.5 Å². The molecule has 3 aromatic heterocycles. The fourth-order valence-corrected chi connectivity index (χ4v) is 5.98. The van der Waals surface area contributed by atoms with E-state index >= 15 is 0 Å². The summed E-state index contributed by atoms with van der Waals surface area (Å²) in [5.74, 6) is -0.525. The summed E-state index contributed by atoms with van der Waals surface area (Å²) in [6.07, 6.45) is -1.19. The summed E-state index contributed by atoms with van der Waals surface area (Å²) < 4.78 is 42.7. The number of carboxylic acid groups (broad SMARTS) is 1. The van der Waals surface area contributed by atoms with Gasteiger partial charge in [0.2, 0.25) is 0 Å². The highest BCUT2D eigenvalue weighted by Crippen LogP contribution is 2.33. The first-order valence-electron chi connectivity index (χ1n) is 14.4. The van der Waals surface area contributed by atoms with E-state index in [1.54, 1.807) is 12.3 Å². The maximum absolute atomic E-state index is 13.6. The van der Waals surface area contributed by atoms with E-state index in [0.717, 1.165) is 16.9 Å². The van der Waals surface area contributed by atoms with Crippen LogP contribution in [0.5, 0.6) is 0 Å². The zero-order valence-electron chi connectivity index (χ0n) is 23.8. The van der Waals surface area contributed by atoms with Crippen molar-refractivity contribution in [3.8, 4) is 28.3 Å². The lowest BCUT2D eigenvalue weighted by molar-refractivity contribution is -0.156. The van der Waals surface area contributed by atoms with Crippen molar-refractivity contribution in [1.29, 1.82) is 0 Å². The molecule has 0 radical (unpaired) electrons. The Morgan fingerprint density at radius 1 is 0.932 bits per heavy atom. The van der Waals surface area contributed by atoms with Gasteiger partial charge in [-0.1, -0.05) is 42.5 Å². The maximum Gasteiger partial charge on any atom is 0.401 e. The highest BCUT2D eigenvalue weighted by Gasteiger charge is 2.36. The lowest BCUT2D eigenvalue weighted by Crippen LogP contribution is -2.43. The van der Waals surface area contributed by atoms with Gasteiger partial charge in [0, 0.05) is 30.0 Å². The number of hydrogen-bond acceptors (Lipinski definition) is 6. The van der Waals surface area contributed by atoms with Gasteiger partial charge in [0.25, 0.3) is 0 Å². The summed E-state index contributed by atoms with van der Waals surface area (Å²) in [7, 11) is 0. The fraction of sp³-hybridized carbons (Fsp3) is 0.273. The predicted octanol–water partition coefficient (Wildman–Crippen LogP) is 6.74. The number of aliphatic carboxylic acids is 1. The molecular formula is C33H31F3N6O2.